The number of ether oxygens (including phenoxy) is 1. The van der Waals surface area contributed by atoms with E-state index in [9.17, 15) is 4.79 Å². The maximum Gasteiger partial charge on any atom is 0.220 e. The molecule has 0 fully saturated rings. The molecule has 0 aliphatic carbocycles. The fourth-order valence-electron chi connectivity index (χ4n) is 2.71. The van der Waals surface area contributed by atoms with E-state index in [0.717, 1.165) is 11.3 Å². The van der Waals surface area contributed by atoms with Gasteiger partial charge in [0, 0.05) is 6.42 Å². The van der Waals surface area contributed by atoms with E-state index in [1.807, 2.05) is 37.3 Å². The van der Waals surface area contributed by atoms with Gasteiger partial charge in [0.05, 0.1) is 29.6 Å². The van der Waals surface area contributed by atoms with Crippen LogP contribution in [0.5, 0.6) is 5.75 Å². The molecule has 1 aromatic heterocycles. The van der Waals surface area contributed by atoms with Gasteiger partial charge in [-0.05, 0) is 31.0 Å². The summed E-state index contributed by atoms with van der Waals surface area (Å²) >= 11 is 12.0. The topological polar surface area (TPSA) is 67.0 Å². The molecule has 3 aromatic rings. The summed E-state index contributed by atoms with van der Waals surface area (Å²) < 4.78 is 5.60. The van der Waals surface area contributed by atoms with Gasteiger partial charge in [0.2, 0.25) is 5.91 Å². The van der Waals surface area contributed by atoms with Crippen LogP contribution < -0.4 is 10.1 Å². The highest BCUT2D eigenvalue weighted by Crippen LogP contribution is 2.31. The van der Waals surface area contributed by atoms with Gasteiger partial charge in [-0.25, -0.2) is 4.98 Å². The van der Waals surface area contributed by atoms with Gasteiger partial charge in [-0.2, -0.15) is 0 Å². The third-order valence-electron chi connectivity index (χ3n) is 4.19. The molecule has 0 saturated carbocycles. The van der Waals surface area contributed by atoms with E-state index in [4.69, 9.17) is 27.9 Å². The number of rotatable bonds is 8. The third-order valence-corrected chi connectivity index (χ3v) is 4.99. The average molecular weight is 418 g/mol. The third kappa shape index (κ3) is 5.27. The number of aromatic nitrogens is 2. The van der Waals surface area contributed by atoms with Crippen molar-refractivity contribution in [3.63, 3.8) is 0 Å². The summed E-state index contributed by atoms with van der Waals surface area (Å²) in [5, 5.41) is 3.77. The number of carbonyl (C=O) groups is 1. The summed E-state index contributed by atoms with van der Waals surface area (Å²) in [6.45, 7) is 2.27. The molecule has 1 amide bonds. The first kappa shape index (κ1) is 20.2. The van der Waals surface area contributed by atoms with E-state index in [0.29, 0.717) is 41.1 Å². The molecule has 5 nitrogen and oxygen atoms in total. The van der Waals surface area contributed by atoms with Crippen LogP contribution in [0, 0.1) is 0 Å². The van der Waals surface area contributed by atoms with Gasteiger partial charge in [0.1, 0.15) is 16.6 Å². The lowest BCUT2D eigenvalue weighted by Crippen LogP contribution is -2.27. The number of nitrogens with zero attached hydrogens (tertiary/aromatic N) is 1. The SMILES string of the molecule is CC(NC(=O)CCCOc1cccc(Cl)c1Cl)c1ncc(-c2ccccc2)[nH]1. The fourth-order valence-corrected chi connectivity index (χ4v) is 3.06. The van der Waals surface area contributed by atoms with Gasteiger partial charge < -0.3 is 15.0 Å². The Bertz CT molecular complexity index is 928. The zero-order chi connectivity index (χ0) is 19.9. The number of benzene rings is 2. The summed E-state index contributed by atoms with van der Waals surface area (Å²) in [5.74, 6) is 1.17. The molecule has 0 spiro atoms. The molecule has 2 N–H and O–H groups in total. The molecule has 1 heterocycles. The number of H-pyrrole nitrogens is 1. The Morgan fingerprint density at radius 2 is 1.96 bits per heavy atom. The van der Waals surface area contributed by atoms with Crippen LogP contribution in [0.15, 0.2) is 54.7 Å². The van der Waals surface area contributed by atoms with Crippen molar-refractivity contribution < 1.29 is 9.53 Å². The molecule has 7 heteroatoms. The van der Waals surface area contributed by atoms with Crippen LogP contribution in [0.25, 0.3) is 11.3 Å². The number of halogens is 2. The van der Waals surface area contributed by atoms with Crippen molar-refractivity contribution in [1.29, 1.82) is 0 Å². The minimum absolute atomic E-state index is 0.0639. The van der Waals surface area contributed by atoms with Gasteiger partial charge in [-0.1, -0.05) is 59.6 Å². The summed E-state index contributed by atoms with van der Waals surface area (Å²) in [6.07, 6.45) is 2.68. The predicted molar refractivity (Wildman–Crippen MR) is 112 cm³/mol. The monoisotopic (exact) mass is 417 g/mol. The Hall–Kier alpha value is -2.50. The molecule has 0 radical (unpaired) electrons. The number of imidazole rings is 1. The van der Waals surface area contributed by atoms with Crippen LogP contribution in [0.2, 0.25) is 10.0 Å². The second-order valence-electron chi connectivity index (χ2n) is 6.34. The number of aromatic amines is 1. The van der Waals surface area contributed by atoms with E-state index < -0.39 is 0 Å². The highest BCUT2D eigenvalue weighted by atomic mass is 35.5. The lowest BCUT2D eigenvalue weighted by molar-refractivity contribution is -0.122. The Morgan fingerprint density at radius 1 is 1.18 bits per heavy atom. The molecular weight excluding hydrogens is 397 g/mol. The largest absolute Gasteiger partial charge is 0.492 e. The van der Waals surface area contributed by atoms with Crippen LogP contribution in [0.1, 0.15) is 31.6 Å². The Balaban J connectivity index is 1.44. The van der Waals surface area contributed by atoms with Crippen LogP contribution >= 0.6 is 23.2 Å². The quantitative estimate of drug-likeness (QED) is 0.480. The van der Waals surface area contributed by atoms with Crippen LogP contribution in [0.3, 0.4) is 0 Å². The highest BCUT2D eigenvalue weighted by molar-refractivity contribution is 6.42. The molecule has 1 unspecified atom stereocenters. The smallest absolute Gasteiger partial charge is 0.220 e. The van der Waals surface area contributed by atoms with Crippen molar-refractivity contribution in [2.75, 3.05) is 6.61 Å². The lowest BCUT2D eigenvalue weighted by atomic mass is 10.2. The molecule has 28 heavy (non-hydrogen) atoms. The van der Waals surface area contributed by atoms with E-state index >= 15 is 0 Å². The van der Waals surface area contributed by atoms with Gasteiger partial charge in [-0.3, -0.25) is 4.79 Å². The van der Waals surface area contributed by atoms with Crippen molar-refractivity contribution in [3.05, 3.63) is 70.6 Å². The van der Waals surface area contributed by atoms with Crippen LogP contribution in [-0.2, 0) is 4.79 Å². The minimum Gasteiger partial charge on any atom is -0.492 e. The molecule has 0 saturated heterocycles. The van der Waals surface area contributed by atoms with E-state index in [1.54, 1.807) is 24.4 Å². The van der Waals surface area contributed by atoms with Gasteiger partial charge >= 0.3 is 0 Å². The average Bonchev–Trinajstić information content (AvgIpc) is 3.19. The predicted octanol–water partition coefficient (Wildman–Crippen LogP) is 5.42. The molecule has 0 aliphatic rings. The first-order valence-corrected chi connectivity index (χ1v) is 9.76. The Labute approximate surface area is 174 Å². The lowest BCUT2D eigenvalue weighted by Gasteiger charge is -2.12. The molecule has 146 valence electrons. The van der Waals surface area contributed by atoms with Crippen molar-refractivity contribution in [1.82, 2.24) is 15.3 Å². The minimum atomic E-state index is -0.215. The van der Waals surface area contributed by atoms with Crippen molar-refractivity contribution in [2.45, 2.75) is 25.8 Å². The summed E-state index contributed by atoms with van der Waals surface area (Å²) in [4.78, 5) is 19.8. The van der Waals surface area contributed by atoms with Crippen molar-refractivity contribution in [3.8, 4) is 17.0 Å². The van der Waals surface area contributed by atoms with E-state index in [-0.39, 0.29) is 11.9 Å². The van der Waals surface area contributed by atoms with Crippen LogP contribution in [0.4, 0.5) is 0 Å². The standard InChI is InChI=1S/C21H21Cl2N3O2/c1-14(21-24-13-17(26-21)15-7-3-2-4-8-15)25-19(27)11-6-12-28-18-10-5-9-16(22)20(18)23/h2-5,7-10,13-14H,6,11-12H2,1H3,(H,24,26)(H,25,27). The summed E-state index contributed by atoms with van der Waals surface area (Å²) in [7, 11) is 0. The van der Waals surface area contributed by atoms with E-state index in [1.165, 1.54) is 0 Å². The number of carbonyl (C=O) groups excluding carboxylic acids is 1. The second-order valence-corrected chi connectivity index (χ2v) is 7.13. The Kier molecular flexibility index (Phi) is 6.95. The molecule has 3 rings (SSSR count). The second kappa shape index (κ2) is 9.62. The Morgan fingerprint density at radius 3 is 2.75 bits per heavy atom. The fraction of sp³-hybridized carbons (Fsp3) is 0.238. The van der Waals surface area contributed by atoms with Crippen molar-refractivity contribution >= 4 is 29.1 Å². The normalized spacial score (nSPS) is 11.8. The number of amides is 1. The maximum absolute atomic E-state index is 12.2. The highest BCUT2D eigenvalue weighted by Gasteiger charge is 2.13. The summed E-state index contributed by atoms with van der Waals surface area (Å²) in [5.41, 5.74) is 1.97. The number of hydrogen-bond acceptors (Lipinski definition) is 3. The zero-order valence-electron chi connectivity index (χ0n) is 15.4. The van der Waals surface area contributed by atoms with Gasteiger partial charge in [0.15, 0.2) is 0 Å². The zero-order valence-corrected chi connectivity index (χ0v) is 16.9. The molecule has 2 aromatic carbocycles. The molecule has 0 aliphatic heterocycles. The maximum atomic E-state index is 12.2. The van der Waals surface area contributed by atoms with Crippen molar-refractivity contribution in [2.24, 2.45) is 0 Å². The van der Waals surface area contributed by atoms with E-state index in [2.05, 4.69) is 15.3 Å². The first-order valence-electron chi connectivity index (χ1n) is 9.01. The first-order chi connectivity index (χ1) is 13.5. The molecular formula is C21H21Cl2N3O2. The number of hydrogen-bond donors (Lipinski definition) is 2. The molecule has 0 bridgehead atoms. The van der Waals surface area contributed by atoms with Crippen LogP contribution in [-0.4, -0.2) is 22.5 Å². The summed E-state index contributed by atoms with van der Waals surface area (Å²) in [6, 6.07) is 14.9. The van der Waals surface area contributed by atoms with Gasteiger partial charge in [-0.15, -0.1) is 0 Å². The van der Waals surface area contributed by atoms with Gasteiger partial charge in [0.25, 0.3) is 0 Å². The molecule has 1 atom stereocenters. The number of nitrogens with one attached hydrogen (secondary N) is 2.